The minimum absolute atomic E-state index is 0.185. The SMILES string of the molecule is CCCNC(=O)C(C)Oc1cc(F)ccc1C. The molecule has 3 nitrogen and oxygen atoms in total. The van der Waals surface area contributed by atoms with E-state index < -0.39 is 6.10 Å². The predicted molar refractivity (Wildman–Crippen MR) is 64.5 cm³/mol. The van der Waals surface area contributed by atoms with Gasteiger partial charge in [0.15, 0.2) is 6.10 Å². The highest BCUT2D eigenvalue weighted by molar-refractivity contribution is 5.80. The van der Waals surface area contributed by atoms with E-state index in [1.54, 1.807) is 13.0 Å². The van der Waals surface area contributed by atoms with Gasteiger partial charge in [-0.3, -0.25) is 4.79 Å². The molecule has 94 valence electrons. The van der Waals surface area contributed by atoms with Crippen molar-refractivity contribution < 1.29 is 13.9 Å². The van der Waals surface area contributed by atoms with Gasteiger partial charge in [0.25, 0.3) is 5.91 Å². The number of amides is 1. The molecule has 1 N–H and O–H groups in total. The summed E-state index contributed by atoms with van der Waals surface area (Å²) in [7, 11) is 0. The third-order valence-corrected chi connectivity index (χ3v) is 2.37. The van der Waals surface area contributed by atoms with E-state index >= 15 is 0 Å². The summed E-state index contributed by atoms with van der Waals surface area (Å²) >= 11 is 0. The molecule has 1 aromatic carbocycles. The highest BCUT2D eigenvalue weighted by atomic mass is 19.1. The molecule has 0 aliphatic rings. The first-order valence-electron chi connectivity index (χ1n) is 5.75. The fourth-order valence-electron chi connectivity index (χ4n) is 1.34. The molecule has 17 heavy (non-hydrogen) atoms. The summed E-state index contributed by atoms with van der Waals surface area (Å²) in [5.74, 6) is -0.147. The molecule has 1 amide bonds. The monoisotopic (exact) mass is 239 g/mol. The van der Waals surface area contributed by atoms with E-state index in [9.17, 15) is 9.18 Å². The molecule has 0 saturated carbocycles. The highest BCUT2D eigenvalue weighted by Crippen LogP contribution is 2.20. The Morgan fingerprint density at radius 1 is 1.53 bits per heavy atom. The topological polar surface area (TPSA) is 38.3 Å². The summed E-state index contributed by atoms with van der Waals surface area (Å²) in [4.78, 5) is 11.6. The largest absolute Gasteiger partial charge is 0.481 e. The maximum atomic E-state index is 13.0. The molecule has 0 aliphatic heterocycles. The minimum Gasteiger partial charge on any atom is -0.481 e. The van der Waals surface area contributed by atoms with Crippen molar-refractivity contribution in [2.24, 2.45) is 0 Å². The molecular weight excluding hydrogens is 221 g/mol. The van der Waals surface area contributed by atoms with Crippen LogP contribution in [0.4, 0.5) is 4.39 Å². The normalized spacial score (nSPS) is 12.0. The smallest absolute Gasteiger partial charge is 0.260 e. The molecular formula is C13H18FNO2. The molecule has 4 heteroatoms. The van der Waals surface area contributed by atoms with Gasteiger partial charge in [0.2, 0.25) is 0 Å². The Labute approximate surface area is 101 Å². The Kier molecular flexibility index (Phi) is 4.94. The molecule has 0 bridgehead atoms. The van der Waals surface area contributed by atoms with E-state index in [4.69, 9.17) is 4.74 Å². The molecule has 1 rings (SSSR count). The van der Waals surface area contributed by atoms with Crippen LogP contribution in [-0.2, 0) is 4.79 Å². The van der Waals surface area contributed by atoms with Gasteiger partial charge >= 0.3 is 0 Å². The van der Waals surface area contributed by atoms with Crippen LogP contribution >= 0.6 is 0 Å². The molecule has 1 unspecified atom stereocenters. The summed E-state index contributed by atoms with van der Waals surface area (Å²) < 4.78 is 18.5. The second-order valence-electron chi connectivity index (χ2n) is 3.96. The van der Waals surface area contributed by atoms with Gasteiger partial charge in [-0.25, -0.2) is 4.39 Å². The first-order valence-corrected chi connectivity index (χ1v) is 5.75. The lowest BCUT2D eigenvalue weighted by molar-refractivity contribution is -0.127. The fraction of sp³-hybridized carbons (Fsp3) is 0.462. The van der Waals surface area contributed by atoms with E-state index in [-0.39, 0.29) is 11.7 Å². The van der Waals surface area contributed by atoms with Crippen LogP contribution in [0.15, 0.2) is 18.2 Å². The molecule has 0 saturated heterocycles. The second-order valence-corrected chi connectivity index (χ2v) is 3.96. The van der Waals surface area contributed by atoms with Crippen LogP contribution in [0, 0.1) is 12.7 Å². The van der Waals surface area contributed by atoms with E-state index in [1.807, 2.05) is 13.8 Å². The van der Waals surface area contributed by atoms with Crippen molar-refractivity contribution in [1.82, 2.24) is 5.32 Å². The van der Waals surface area contributed by atoms with Crippen LogP contribution < -0.4 is 10.1 Å². The highest BCUT2D eigenvalue weighted by Gasteiger charge is 2.15. The van der Waals surface area contributed by atoms with E-state index in [1.165, 1.54) is 12.1 Å². The standard InChI is InChI=1S/C13H18FNO2/c1-4-7-15-13(16)10(3)17-12-8-11(14)6-5-9(12)2/h5-6,8,10H,4,7H2,1-3H3,(H,15,16). The molecule has 0 fully saturated rings. The van der Waals surface area contributed by atoms with Gasteiger partial charge < -0.3 is 10.1 Å². The van der Waals surface area contributed by atoms with Gasteiger partial charge in [-0.15, -0.1) is 0 Å². The lowest BCUT2D eigenvalue weighted by Gasteiger charge is -2.16. The maximum Gasteiger partial charge on any atom is 0.260 e. The lowest BCUT2D eigenvalue weighted by Crippen LogP contribution is -2.36. The second kappa shape index (κ2) is 6.23. The van der Waals surface area contributed by atoms with E-state index in [2.05, 4.69) is 5.32 Å². The van der Waals surface area contributed by atoms with Gasteiger partial charge in [0.05, 0.1) is 0 Å². The van der Waals surface area contributed by atoms with Gasteiger partial charge in [-0.05, 0) is 31.9 Å². The zero-order chi connectivity index (χ0) is 12.8. The Hall–Kier alpha value is -1.58. The average molecular weight is 239 g/mol. The zero-order valence-corrected chi connectivity index (χ0v) is 10.4. The number of hydrogen-bond acceptors (Lipinski definition) is 2. The number of halogens is 1. The number of rotatable bonds is 5. The summed E-state index contributed by atoms with van der Waals surface area (Å²) in [5.41, 5.74) is 0.807. The minimum atomic E-state index is -0.623. The first kappa shape index (κ1) is 13.5. The van der Waals surface area contributed by atoms with Crippen molar-refractivity contribution in [3.8, 4) is 5.75 Å². The number of hydrogen-bond donors (Lipinski definition) is 1. The first-order chi connectivity index (χ1) is 8.04. The number of aryl methyl sites for hydroxylation is 1. The fourth-order valence-corrected chi connectivity index (χ4v) is 1.34. The summed E-state index contributed by atoms with van der Waals surface area (Å²) in [5, 5.41) is 2.73. The lowest BCUT2D eigenvalue weighted by atomic mass is 10.2. The third-order valence-electron chi connectivity index (χ3n) is 2.37. The number of carbonyl (C=O) groups is 1. The van der Waals surface area contributed by atoms with Gasteiger partial charge in [0, 0.05) is 12.6 Å². The van der Waals surface area contributed by atoms with Crippen molar-refractivity contribution in [3.63, 3.8) is 0 Å². The van der Waals surface area contributed by atoms with Gasteiger partial charge in [-0.1, -0.05) is 13.0 Å². The summed E-state index contributed by atoms with van der Waals surface area (Å²) in [6, 6.07) is 4.28. The average Bonchev–Trinajstić information content (AvgIpc) is 2.30. The molecule has 0 aliphatic carbocycles. The van der Waals surface area contributed by atoms with Crippen LogP contribution in [0.25, 0.3) is 0 Å². The van der Waals surface area contributed by atoms with Crippen LogP contribution in [-0.4, -0.2) is 18.6 Å². The summed E-state index contributed by atoms with van der Waals surface area (Å²) in [6.07, 6.45) is 0.249. The van der Waals surface area contributed by atoms with Crippen molar-refractivity contribution in [2.45, 2.75) is 33.3 Å². The van der Waals surface area contributed by atoms with Crippen molar-refractivity contribution in [2.75, 3.05) is 6.54 Å². The van der Waals surface area contributed by atoms with Crippen LogP contribution in [0.3, 0.4) is 0 Å². The molecule has 0 aromatic heterocycles. The zero-order valence-electron chi connectivity index (χ0n) is 10.4. The molecule has 1 atom stereocenters. The maximum absolute atomic E-state index is 13.0. The molecule has 0 heterocycles. The number of carbonyl (C=O) groups excluding carboxylic acids is 1. The molecule has 1 aromatic rings. The van der Waals surface area contributed by atoms with Crippen molar-refractivity contribution in [3.05, 3.63) is 29.6 Å². The van der Waals surface area contributed by atoms with Crippen LogP contribution in [0.1, 0.15) is 25.8 Å². The van der Waals surface area contributed by atoms with E-state index in [0.717, 1.165) is 12.0 Å². The van der Waals surface area contributed by atoms with Gasteiger partial charge in [-0.2, -0.15) is 0 Å². The quantitative estimate of drug-likeness (QED) is 0.857. The Morgan fingerprint density at radius 3 is 2.88 bits per heavy atom. The Balaban J connectivity index is 2.64. The number of ether oxygens (including phenoxy) is 1. The number of nitrogens with one attached hydrogen (secondary N) is 1. The number of benzene rings is 1. The van der Waals surface area contributed by atoms with Crippen molar-refractivity contribution >= 4 is 5.91 Å². The third kappa shape index (κ3) is 4.06. The Morgan fingerprint density at radius 2 is 2.24 bits per heavy atom. The molecule has 0 spiro atoms. The van der Waals surface area contributed by atoms with Crippen molar-refractivity contribution in [1.29, 1.82) is 0 Å². The van der Waals surface area contributed by atoms with E-state index in [0.29, 0.717) is 12.3 Å². The van der Waals surface area contributed by atoms with Crippen LogP contribution in [0.5, 0.6) is 5.75 Å². The Bertz CT molecular complexity index is 393. The molecule has 0 radical (unpaired) electrons. The van der Waals surface area contributed by atoms with Gasteiger partial charge in [0.1, 0.15) is 11.6 Å². The summed E-state index contributed by atoms with van der Waals surface area (Å²) in [6.45, 7) is 6.05. The van der Waals surface area contributed by atoms with Crippen LogP contribution in [0.2, 0.25) is 0 Å². The predicted octanol–water partition coefficient (Wildman–Crippen LogP) is 2.43.